The third-order valence-electron chi connectivity index (χ3n) is 8.70. The van der Waals surface area contributed by atoms with Crippen molar-refractivity contribution in [3.63, 3.8) is 0 Å². The largest absolute Gasteiger partial charge is 0.344 e. The van der Waals surface area contributed by atoms with Gasteiger partial charge in [-0.05, 0) is 74.8 Å². The Labute approximate surface area is 193 Å². The Hall–Kier alpha value is -1.81. The summed E-state index contributed by atoms with van der Waals surface area (Å²) >= 11 is 0. The van der Waals surface area contributed by atoms with E-state index in [0.717, 1.165) is 50.2 Å². The second-order valence-electron chi connectivity index (χ2n) is 10.9. The average Bonchev–Trinajstić information content (AvgIpc) is 3.19. The Kier molecular flexibility index (Phi) is 6.59. The number of hydrogen-bond acceptors (Lipinski definition) is 2. The second-order valence-corrected chi connectivity index (χ2v) is 10.9. The van der Waals surface area contributed by atoms with Crippen molar-refractivity contribution < 1.29 is 4.79 Å². The number of aromatic nitrogens is 1. The smallest absolute Gasteiger partial charge is 0.222 e. The average molecular weight is 436 g/mol. The third kappa shape index (κ3) is 4.48. The highest BCUT2D eigenvalue weighted by Crippen LogP contribution is 2.36. The van der Waals surface area contributed by atoms with Crippen LogP contribution in [0.25, 0.3) is 10.9 Å². The van der Waals surface area contributed by atoms with Crippen LogP contribution in [0.2, 0.25) is 0 Å². The Morgan fingerprint density at radius 1 is 0.906 bits per heavy atom. The van der Waals surface area contributed by atoms with Gasteiger partial charge in [-0.2, -0.15) is 0 Å². The molecule has 0 bridgehead atoms. The fraction of sp³-hybridized carbons (Fsp3) is 0.679. The quantitative estimate of drug-likeness (QED) is 0.576. The summed E-state index contributed by atoms with van der Waals surface area (Å²) in [6.07, 6.45) is 13.4. The standard InChI is InChI=1S/C28H41N3O/c1-21(2)22-10-12-24(13-11-22)29-17-14-25(15-18-29)31-20-23(26-7-3-4-8-27(26)31)19-30-16-6-5-9-28(30)32/h3-4,7-8,20-22,24-25H,5-6,9-19H2,1-2H3. The first-order chi connectivity index (χ1) is 15.6. The monoisotopic (exact) mass is 435 g/mol. The maximum absolute atomic E-state index is 12.4. The van der Waals surface area contributed by atoms with Crippen molar-refractivity contribution in [3.05, 3.63) is 36.0 Å². The fourth-order valence-corrected chi connectivity index (χ4v) is 6.60. The molecule has 1 saturated carbocycles. The number of benzene rings is 1. The van der Waals surface area contributed by atoms with E-state index in [-0.39, 0.29) is 0 Å². The highest BCUT2D eigenvalue weighted by atomic mass is 16.2. The first kappa shape index (κ1) is 22.0. The number of likely N-dealkylation sites (tertiary alicyclic amines) is 2. The number of hydrogen-bond donors (Lipinski definition) is 0. The number of carbonyl (C=O) groups is 1. The van der Waals surface area contributed by atoms with Crippen LogP contribution in [0.5, 0.6) is 0 Å². The van der Waals surface area contributed by atoms with Gasteiger partial charge in [-0.3, -0.25) is 4.79 Å². The number of amides is 1. The summed E-state index contributed by atoms with van der Waals surface area (Å²) in [4.78, 5) is 17.3. The minimum Gasteiger partial charge on any atom is -0.344 e. The number of fused-ring (bicyclic) bond motifs is 1. The SMILES string of the molecule is CC(C)C1CCC(N2CCC(n3cc(CN4CCCCC4=O)c4ccccc43)CC2)CC1. The second kappa shape index (κ2) is 9.59. The fourth-order valence-electron chi connectivity index (χ4n) is 6.60. The molecule has 0 unspecified atom stereocenters. The summed E-state index contributed by atoms with van der Waals surface area (Å²) < 4.78 is 2.55. The zero-order valence-electron chi connectivity index (χ0n) is 20.1. The van der Waals surface area contributed by atoms with Crippen molar-refractivity contribution in [3.8, 4) is 0 Å². The molecule has 3 fully saturated rings. The summed E-state index contributed by atoms with van der Waals surface area (Å²) in [5.41, 5.74) is 2.67. The molecular formula is C28H41N3O. The van der Waals surface area contributed by atoms with Crippen LogP contribution in [0.4, 0.5) is 0 Å². The van der Waals surface area contributed by atoms with Gasteiger partial charge in [-0.25, -0.2) is 0 Å². The summed E-state index contributed by atoms with van der Waals surface area (Å²) in [6.45, 7) is 8.93. The van der Waals surface area contributed by atoms with E-state index in [1.807, 2.05) is 0 Å². The van der Waals surface area contributed by atoms with Gasteiger partial charge >= 0.3 is 0 Å². The van der Waals surface area contributed by atoms with Crippen LogP contribution in [0.15, 0.2) is 30.5 Å². The lowest BCUT2D eigenvalue weighted by Gasteiger charge is -2.42. The van der Waals surface area contributed by atoms with Crippen molar-refractivity contribution in [2.45, 2.75) is 90.3 Å². The van der Waals surface area contributed by atoms with E-state index >= 15 is 0 Å². The lowest BCUT2D eigenvalue weighted by molar-refractivity contribution is -0.133. The van der Waals surface area contributed by atoms with Crippen LogP contribution >= 0.6 is 0 Å². The normalized spacial score (nSPS) is 26.3. The minimum absolute atomic E-state index is 0.327. The third-order valence-corrected chi connectivity index (χ3v) is 8.70. The lowest BCUT2D eigenvalue weighted by atomic mass is 9.79. The summed E-state index contributed by atoms with van der Waals surface area (Å²) in [7, 11) is 0. The van der Waals surface area contributed by atoms with Crippen molar-refractivity contribution in [1.82, 2.24) is 14.4 Å². The number of nitrogens with zero attached hydrogens (tertiary/aromatic N) is 3. The predicted octanol–water partition coefficient (Wildman–Crippen LogP) is 6.01. The Balaban J connectivity index is 1.26. The molecule has 5 rings (SSSR count). The molecule has 1 aromatic carbocycles. The van der Waals surface area contributed by atoms with E-state index in [2.05, 4.69) is 58.7 Å². The molecule has 174 valence electrons. The van der Waals surface area contributed by atoms with Gasteiger partial charge in [0.15, 0.2) is 0 Å². The zero-order valence-corrected chi connectivity index (χ0v) is 20.1. The Morgan fingerprint density at radius 2 is 1.66 bits per heavy atom. The maximum Gasteiger partial charge on any atom is 0.222 e. The van der Waals surface area contributed by atoms with Crippen molar-refractivity contribution in [1.29, 1.82) is 0 Å². The van der Waals surface area contributed by atoms with Gasteiger partial charge in [-0.15, -0.1) is 0 Å². The molecule has 1 aliphatic carbocycles. The Morgan fingerprint density at radius 3 is 2.38 bits per heavy atom. The summed E-state index contributed by atoms with van der Waals surface area (Å²) in [5.74, 6) is 2.12. The number of carbonyl (C=O) groups excluding carboxylic acids is 1. The van der Waals surface area contributed by atoms with E-state index in [4.69, 9.17) is 0 Å². The molecule has 3 aliphatic rings. The molecule has 0 N–H and O–H groups in total. The van der Waals surface area contributed by atoms with Crippen LogP contribution < -0.4 is 0 Å². The number of para-hydroxylation sites is 1. The minimum atomic E-state index is 0.327. The van der Waals surface area contributed by atoms with Gasteiger partial charge in [-0.1, -0.05) is 32.0 Å². The molecule has 4 nitrogen and oxygen atoms in total. The topological polar surface area (TPSA) is 28.5 Å². The van der Waals surface area contributed by atoms with E-state index in [1.54, 1.807) is 0 Å². The molecule has 1 amide bonds. The highest BCUT2D eigenvalue weighted by Gasteiger charge is 2.31. The Bertz CT molecular complexity index is 916. The first-order valence-electron chi connectivity index (χ1n) is 13.2. The van der Waals surface area contributed by atoms with E-state index in [1.165, 1.54) is 68.1 Å². The van der Waals surface area contributed by atoms with Gasteiger partial charge in [0.1, 0.15) is 0 Å². The molecule has 0 radical (unpaired) electrons. The molecule has 1 aromatic heterocycles. The molecule has 2 aromatic rings. The summed E-state index contributed by atoms with van der Waals surface area (Å²) in [5, 5.41) is 1.33. The molecule has 2 aliphatic heterocycles. The van der Waals surface area contributed by atoms with Crippen LogP contribution in [-0.4, -0.2) is 46.0 Å². The van der Waals surface area contributed by atoms with E-state index in [9.17, 15) is 4.79 Å². The van der Waals surface area contributed by atoms with Gasteiger partial charge < -0.3 is 14.4 Å². The molecule has 2 saturated heterocycles. The predicted molar refractivity (Wildman–Crippen MR) is 132 cm³/mol. The van der Waals surface area contributed by atoms with Crippen LogP contribution in [0.3, 0.4) is 0 Å². The zero-order chi connectivity index (χ0) is 22.1. The molecule has 4 heteroatoms. The molecular weight excluding hydrogens is 394 g/mol. The van der Waals surface area contributed by atoms with Gasteiger partial charge in [0, 0.05) is 61.8 Å². The van der Waals surface area contributed by atoms with Gasteiger partial charge in [0.25, 0.3) is 0 Å². The molecule has 3 heterocycles. The van der Waals surface area contributed by atoms with Crippen molar-refractivity contribution in [2.24, 2.45) is 11.8 Å². The van der Waals surface area contributed by atoms with E-state index < -0.39 is 0 Å². The van der Waals surface area contributed by atoms with Crippen molar-refractivity contribution in [2.75, 3.05) is 19.6 Å². The molecule has 0 spiro atoms. The lowest BCUT2D eigenvalue weighted by Crippen LogP contribution is -2.43. The summed E-state index contributed by atoms with van der Waals surface area (Å²) in [6, 6.07) is 10.2. The highest BCUT2D eigenvalue weighted by molar-refractivity contribution is 5.85. The van der Waals surface area contributed by atoms with Gasteiger partial charge in [0.05, 0.1) is 0 Å². The molecule has 32 heavy (non-hydrogen) atoms. The van der Waals surface area contributed by atoms with E-state index in [0.29, 0.717) is 11.9 Å². The first-order valence-corrected chi connectivity index (χ1v) is 13.2. The maximum atomic E-state index is 12.4. The number of rotatable bonds is 5. The van der Waals surface area contributed by atoms with Crippen molar-refractivity contribution >= 4 is 16.8 Å². The van der Waals surface area contributed by atoms with Crippen LogP contribution in [-0.2, 0) is 11.3 Å². The number of piperidine rings is 2. The van der Waals surface area contributed by atoms with Crippen LogP contribution in [0.1, 0.15) is 83.2 Å². The molecule has 0 atom stereocenters. The van der Waals surface area contributed by atoms with Gasteiger partial charge in [0.2, 0.25) is 5.91 Å². The van der Waals surface area contributed by atoms with Crippen LogP contribution in [0, 0.1) is 11.8 Å².